The van der Waals surface area contributed by atoms with Crippen LogP contribution in [-0.2, 0) is 0 Å². The molecule has 3 aromatic rings. The highest BCUT2D eigenvalue weighted by Crippen LogP contribution is 2.21. The van der Waals surface area contributed by atoms with Gasteiger partial charge in [-0.25, -0.2) is 0 Å². The molecule has 0 aliphatic rings. The molecule has 130 valence electrons. The minimum Gasteiger partial charge on any atom is -0.332 e. The first-order valence-electron chi connectivity index (χ1n) is 8.07. The highest BCUT2D eigenvalue weighted by Gasteiger charge is 2.09. The van der Waals surface area contributed by atoms with Crippen molar-refractivity contribution >= 4 is 44.9 Å². The van der Waals surface area contributed by atoms with Crippen LogP contribution in [0.15, 0.2) is 77.3 Å². The highest BCUT2D eigenvalue weighted by molar-refractivity contribution is 9.10. The Labute approximate surface area is 166 Å². The summed E-state index contributed by atoms with van der Waals surface area (Å²) in [7, 11) is 0. The Balaban J connectivity index is 1.62. The van der Waals surface area contributed by atoms with E-state index in [1.54, 1.807) is 6.07 Å². The van der Waals surface area contributed by atoms with E-state index in [2.05, 4.69) is 38.7 Å². The van der Waals surface area contributed by atoms with Crippen LogP contribution in [0.2, 0.25) is 0 Å². The maximum absolute atomic E-state index is 12.3. The number of amides is 1. The molecule has 0 bridgehead atoms. The number of rotatable bonds is 3. The number of thiocarbonyl (C=S) groups is 1. The third kappa shape index (κ3) is 4.56. The number of benzene rings is 3. The normalized spacial score (nSPS) is 10.2. The summed E-state index contributed by atoms with van der Waals surface area (Å²) in [5.74, 6) is -0.237. The smallest absolute Gasteiger partial charge is 0.257 e. The molecule has 0 atom stereocenters. The van der Waals surface area contributed by atoms with E-state index in [4.69, 9.17) is 12.2 Å². The number of aryl methyl sites for hydroxylation is 1. The van der Waals surface area contributed by atoms with Gasteiger partial charge >= 0.3 is 0 Å². The first-order valence-corrected chi connectivity index (χ1v) is 9.27. The summed E-state index contributed by atoms with van der Waals surface area (Å²) < 4.78 is 0.966. The summed E-state index contributed by atoms with van der Waals surface area (Å²) in [4.78, 5) is 12.3. The fraction of sp³-hybridized carbons (Fsp3) is 0.0476. The van der Waals surface area contributed by atoms with E-state index in [0.717, 1.165) is 26.9 Å². The topological polar surface area (TPSA) is 41.1 Å². The Bertz CT molecular complexity index is 940. The second kappa shape index (κ2) is 8.25. The van der Waals surface area contributed by atoms with Gasteiger partial charge in [-0.2, -0.15) is 0 Å². The molecule has 0 heterocycles. The highest BCUT2D eigenvalue weighted by atomic mass is 79.9. The van der Waals surface area contributed by atoms with Gasteiger partial charge in [0.2, 0.25) is 0 Å². The van der Waals surface area contributed by atoms with Gasteiger partial charge in [0, 0.05) is 15.7 Å². The minimum atomic E-state index is -0.237. The van der Waals surface area contributed by atoms with Crippen LogP contribution in [0.25, 0.3) is 11.1 Å². The van der Waals surface area contributed by atoms with E-state index >= 15 is 0 Å². The van der Waals surface area contributed by atoms with Gasteiger partial charge in [-0.05, 0) is 66.2 Å². The van der Waals surface area contributed by atoms with Crippen LogP contribution < -0.4 is 10.6 Å². The van der Waals surface area contributed by atoms with Crippen molar-refractivity contribution in [2.75, 3.05) is 5.32 Å². The van der Waals surface area contributed by atoms with Crippen molar-refractivity contribution in [3.63, 3.8) is 0 Å². The Hall–Kier alpha value is -2.50. The number of carbonyl (C=O) groups is 1. The van der Waals surface area contributed by atoms with Crippen molar-refractivity contribution in [3.05, 3.63) is 88.4 Å². The van der Waals surface area contributed by atoms with Crippen molar-refractivity contribution < 1.29 is 4.79 Å². The Morgan fingerprint density at radius 3 is 2.23 bits per heavy atom. The van der Waals surface area contributed by atoms with Crippen LogP contribution in [0.1, 0.15) is 15.9 Å². The number of carbonyl (C=O) groups excluding carboxylic acids is 1. The number of halogens is 1. The van der Waals surface area contributed by atoms with Gasteiger partial charge in [0.1, 0.15) is 0 Å². The van der Waals surface area contributed by atoms with Crippen molar-refractivity contribution in [3.8, 4) is 11.1 Å². The van der Waals surface area contributed by atoms with Crippen LogP contribution in [0.5, 0.6) is 0 Å². The monoisotopic (exact) mass is 424 g/mol. The summed E-state index contributed by atoms with van der Waals surface area (Å²) >= 11 is 8.67. The molecule has 0 aliphatic carbocycles. The average Bonchev–Trinajstić information content (AvgIpc) is 2.65. The molecule has 0 radical (unpaired) electrons. The predicted octanol–water partition coefficient (Wildman–Crippen LogP) is 5.55. The number of hydrogen-bond acceptors (Lipinski definition) is 2. The molecule has 0 saturated carbocycles. The van der Waals surface area contributed by atoms with E-state index in [9.17, 15) is 4.79 Å². The molecule has 26 heavy (non-hydrogen) atoms. The molecule has 3 aromatic carbocycles. The molecule has 5 heteroatoms. The van der Waals surface area contributed by atoms with Gasteiger partial charge in [0.15, 0.2) is 5.11 Å². The molecule has 3 rings (SSSR count). The zero-order valence-electron chi connectivity index (χ0n) is 14.1. The lowest BCUT2D eigenvalue weighted by molar-refractivity contribution is 0.0977. The average molecular weight is 425 g/mol. The number of hydrogen-bond donors (Lipinski definition) is 2. The third-order valence-corrected chi connectivity index (χ3v) is 4.99. The van der Waals surface area contributed by atoms with E-state index in [1.165, 1.54) is 0 Å². The molecule has 1 amide bonds. The molecule has 2 N–H and O–H groups in total. The zero-order chi connectivity index (χ0) is 18.5. The summed E-state index contributed by atoms with van der Waals surface area (Å²) in [6, 6.07) is 23.5. The van der Waals surface area contributed by atoms with Crippen LogP contribution in [0, 0.1) is 6.92 Å². The Morgan fingerprint density at radius 1 is 0.923 bits per heavy atom. The minimum absolute atomic E-state index is 0.237. The van der Waals surface area contributed by atoms with Crippen molar-refractivity contribution in [1.82, 2.24) is 5.32 Å². The van der Waals surface area contributed by atoms with Crippen LogP contribution >= 0.6 is 28.1 Å². The maximum atomic E-state index is 12.3. The quantitative estimate of drug-likeness (QED) is 0.541. The lowest BCUT2D eigenvalue weighted by Crippen LogP contribution is -2.34. The predicted molar refractivity (Wildman–Crippen MR) is 114 cm³/mol. The summed E-state index contributed by atoms with van der Waals surface area (Å²) in [5.41, 5.74) is 4.65. The van der Waals surface area contributed by atoms with E-state index in [-0.39, 0.29) is 11.0 Å². The van der Waals surface area contributed by atoms with E-state index in [0.29, 0.717) is 5.56 Å². The van der Waals surface area contributed by atoms with Gasteiger partial charge in [0.25, 0.3) is 5.91 Å². The number of nitrogens with one attached hydrogen (secondary N) is 2. The molecular formula is C21H17BrN2OS. The van der Waals surface area contributed by atoms with Crippen molar-refractivity contribution in [1.29, 1.82) is 0 Å². The lowest BCUT2D eigenvalue weighted by Gasteiger charge is -2.11. The van der Waals surface area contributed by atoms with Gasteiger partial charge in [-0.3, -0.25) is 10.1 Å². The summed E-state index contributed by atoms with van der Waals surface area (Å²) in [5, 5.41) is 6.01. The molecular weight excluding hydrogens is 408 g/mol. The summed E-state index contributed by atoms with van der Waals surface area (Å²) in [6.45, 7) is 1.94. The largest absolute Gasteiger partial charge is 0.332 e. The molecule has 0 fully saturated rings. The fourth-order valence-corrected chi connectivity index (χ4v) is 2.96. The Kier molecular flexibility index (Phi) is 5.81. The maximum Gasteiger partial charge on any atom is 0.257 e. The molecule has 0 aromatic heterocycles. The molecule has 0 spiro atoms. The Morgan fingerprint density at radius 2 is 1.58 bits per heavy atom. The first kappa shape index (κ1) is 18.3. The SMILES string of the molecule is Cc1cc(C(=O)NC(=S)Nc2ccc(-c3ccccc3)cc2)ccc1Br. The molecule has 0 aliphatic heterocycles. The van der Waals surface area contributed by atoms with Gasteiger partial charge in [0.05, 0.1) is 0 Å². The van der Waals surface area contributed by atoms with E-state index < -0.39 is 0 Å². The van der Waals surface area contributed by atoms with Gasteiger partial charge < -0.3 is 5.32 Å². The van der Waals surface area contributed by atoms with Crippen molar-refractivity contribution in [2.24, 2.45) is 0 Å². The first-order chi connectivity index (χ1) is 12.5. The lowest BCUT2D eigenvalue weighted by atomic mass is 10.1. The summed E-state index contributed by atoms with van der Waals surface area (Å²) in [6.07, 6.45) is 0. The van der Waals surface area contributed by atoms with Crippen molar-refractivity contribution in [2.45, 2.75) is 6.92 Å². The second-order valence-electron chi connectivity index (χ2n) is 5.82. The third-order valence-electron chi connectivity index (χ3n) is 3.90. The molecule has 3 nitrogen and oxygen atoms in total. The van der Waals surface area contributed by atoms with E-state index in [1.807, 2.05) is 61.5 Å². The van der Waals surface area contributed by atoms with Crippen LogP contribution in [-0.4, -0.2) is 11.0 Å². The van der Waals surface area contributed by atoms with Crippen LogP contribution in [0.3, 0.4) is 0 Å². The zero-order valence-corrected chi connectivity index (χ0v) is 16.5. The standard InChI is InChI=1S/C21H17BrN2OS/c1-14-13-17(9-12-19(14)22)20(25)24-21(26)23-18-10-7-16(8-11-18)15-5-3-2-4-6-15/h2-13H,1H3,(H2,23,24,25,26). The second-order valence-corrected chi connectivity index (χ2v) is 7.08. The number of anilines is 1. The molecule has 0 saturated heterocycles. The molecule has 0 unspecified atom stereocenters. The van der Waals surface area contributed by atoms with Gasteiger partial charge in [-0.1, -0.05) is 58.4 Å². The fourth-order valence-electron chi connectivity index (χ4n) is 2.50. The van der Waals surface area contributed by atoms with Crippen LogP contribution in [0.4, 0.5) is 5.69 Å². The van der Waals surface area contributed by atoms with Gasteiger partial charge in [-0.15, -0.1) is 0 Å².